The van der Waals surface area contributed by atoms with Crippen LogP contribution in [-0.4, -0.2) is 36.4 Å². The van der Waals surface area contributed by atoms with Crippen LogP contribution in [0.5, 0.6) is 5.75 Å². The number of hydrogen-bond acceptors (Lipinski definition) is 3. The molecule has 0 saturated carbocycles. The number of aryl methyl sites for hydroxylation is 1. The highest BCUT2D eigenvalue weighted by atomic mass is 16.5. The van der Waals surface area contributed by atoms with Gasteiger partial charge >= 0.3 is 0 Å². The number of ether oxygens (including phenoxy) is 1. The molecule has 2 aromatic rings. The van der Waals surface area contributed by atoms with E-state index in [9.17, 15) is 9.59 Å². The minimum atomic E-state index is -0.554. The molecular formula is C26H36N2O3. The Morgan fingerprint density at radius 2 is 1.74 bits per heavy atom. The Kier molecular flexibility index (Phi) is 8.66. The molecule has 2 amide bonds. The van der Waals surface area contributed by atoms with Gasteiger partial charge in [-0.25, -0.2) is 0 Å². The highest BCUT2D eigenvalue weighted by molar-refractivity contribution is 5.87. The first kappa shape index (κ1) is 24.4. The summed E-state index contributed by atoms with van der Waals surface area (Å²) in [6, 6.07) is 15.5. The lowest BCUT2D eigenvalue weighted by Crippen LogP contribution is -2.47. The number of amides is 2. The topological polar surface area (TPSA) is 58.6 Å². The first-order valence-corrected chi connectivity index (χ1v) is 10.9. The van der Waals surface area contributed by atoms with Crippen LogP contribution in [0.15, 0.2) is 48.5 Å². The molecule has 0 heterocycles. The largest absolute Gasteiger partial charge is 0.497 e. The number of benzene rings is 2. The molecule has 0 radical (unpaired) electrons. The van der Waals surface area contributed by atoms with Crippen molar-refractivity contribution in [2.75, 3.05) is 13.7 Å². The summed E-state index contributed by atoms with van der Waals surface area (Å²) in [5.41, 5.74) is 3.42. The number of rotatable bonds is 9. The van der Waals surface area contributed by atoms with Gasteiger partial charge in [0.15, 0.2) is 0 Å². The molecule has 5 nitrogen and oxygen atoms in total. The molecule has 0 saturated heterocycles. The summed E-state index contributed by atoms with van der Waals surface area (Å²) in [6.07, 6.45) is 0.989. The lowest BCUT2D eigenvalue weighted by molar-refractivity contribution is -0.140. The Balaban J connectivity index is 2.14. The summed E-state index contributed by atoms with van der Waals surface area (Å²) < 4.78 is 5.30. The second kappa shape index (κ2) is 11.0. The van der Waals surface area contributed by atoms with Crippen LogP contribution in [0.2, 0.25) is 0 Å². The molecule has 31 heavy (non-hydrogen) atoms. The van der Waals surface area contributed by atoms with Gasteiger partial charge in [0, 0.05) is 19.5 Å². The smallest absolute Gasteiger partial charge is 0.242 e. The van der Waals surface area contributed by atoms with Gasteiger partial charge in [-0.15, -0.1) is 0 Å². The fraction of sp³-hybridized carbons (Fsp3) is 0.462. The van der Waals surface area contributed by atoms with Crippen molar-refractivity contribution in [1.82, 2.24) is 10.2 Å². The van der Waals surface area contributed by atoms with Crippen LogP contribution < -0.4 is 10.1 Å². The van der Waals surface area contributed by atoms with Gasteiger partial charge in [-0.3, -0.25) is 9.59 Å². The molecule has 0 spiro atoms. The zero-order valence-corrected chi connectivity index (χ0v) is 19.7. The Morgan fingerprint density at radius 1 is 1.06 bits per heavy atom. The molecule has 0 aliphatic carbocycles. The van der Waals surface area contributed by atoms with Crippen molar-refractivity contribution in [2.45, 2.75) is 65.5 Å². The van der Waals surface area contributed by atoms with Crippen LogP contribution >= 0.6 is 0 Å². The standard InChI is InChI=1S/C26H36N2O3/c1-7-27-25(30)19(2)28(18-21-9-8-10-23(17-21)31-6)24(29)16-13-20-11-14-22(15-12-20)26(3,4)5/h8-12,14-15,17,19H,7,13,16,18H2,1-6H3,(H,27,30)/t19-/m1/s1. The van der Waals surface area contributed by atoms with Crippen LogP contribution in [0.4, 0.5) is 0 Å². The molecule has 2 aromatic carbocycles. The maximum absolute atomic E-state index is 13.2. The minimum absolute atomic E-state index is 0.0403. The van der Waals surface area contributed by atoms with Gasteiger partial charge in [0.2, 0.25) is 11.8 Å². The third kappa shape index (κ3) is 7.12. The van der Waals surface area contributed by atoms with Gasteiger partial charge in [0.25, 0.3) is 0 Å². The molecule has 0 fully saturated rings. The Bertz CT molecular complexity index is 869. The van der Waals surface area contributed by atoms with Gasteiger partial charge < -0.3 is 15.0 Å². The van der Waals surface area contributed by atoms with Gasteiger partial charge in [-0.1, -0.05) is 57.2 Å². The number of hydrogen-bond donors (Lipinski definition) is 1. The first-order valence-electron chi connectivity index (χ1n) is 10.9. The minimum Gasteiger partial charge on any atom is -0.497 e. The number of methoxy groups -OCH3 is 1. The van der Waals surface area contributed by atoms with E-state index in [1.807, 2.05) is 31.2 Å². The maximum Gasteiger partial charge on any atom is 0.242 e. The van der Waals surface area contributed by atoms with Crippen molar-refractivity contribution in [2.24, 2.45) is 0 Å². The molecular weight excluding hydrogens is 388 g/mol. The lowest BCUT2D eigenvalue weighted by Gasteiger charge is -2.29. The lowest BCUT2D eigenvalue weighted by atomic mass is 9.86. The van der Waals surface area contributed by atoms with E-state index in [0.29, 0.717) is 25.9 Å². The van der Waals surface area contributed by atoms with E-state index in [0.717, 1.165) is 16.9 Å². The third-order valence-corrected chi connectivity index (χ3v) is 5.45. The normalized spacial score (nSPS) is 12.2. The van der Waals surface area contributed by atoms with E-state index in [2.05, 4.69) is 50.4 Å². The zero-order valence-electron chi connectivity index (χ0n) is 19.7. The van der Waals surface area contributed by atoms with Crippen molar-refractivity contribution in [3.05, 3.63) is 65.2 Å². The quantitative estimate of drug-likeness (QED) is 0.646. The van der Waals surface area contributed by atoms with E-state index in [1.54, 1.807) is 18.9 Å². The Morgan fingerprint density at radius 3 is 2.32 bits per heavy atom. The molecule has 2 rings (SSSR count). The van der Waals surface area contributed by atoms with Crippen LogP contribution in [-0.2, 0) is 28.0 Å². The molecule has 0 aromatic heterocycles. The number of carbonyl (C=O) groups is 2. The van der Waals surface area contributed by atoms with Crippen LogP contribution in [0.25, 0.3) is 0 Å². The fourth-order valence-electron chi connectivity index (χ4n) is 3.44. The number of nitrogens with one attached hydrogen (secondary N) is 1. The molecule has 0 aliphatic heterocycles. The molecule has 5 heteroatoms. The van der Waals surface area contributed by atoms with Crippen molar-refractivity contribution < 1.29 is 14.3 Å². The van der Waals surface area contributed by atoms with Crippen LogP contribution in [0, 0.1) is 0 Å². The average Bonchev–Trinajstić information content (AvgIpc) is 2.75. The van der Waals surface area contributed by atoms with E-state index < -0.39 is 6.04 Å². The van der Waals surface area contributed by atoms with Crippen LogP contribution in [0.1, 0.15) is 57.7 Å². The second-order valence-corrected chi connectivity index (χ2v) is 8.89. The summed E-state index contributed by atoms with van der Waals surface area (Å²) in [7, 11) is 1.62. The first-order chi connectivity index (χ1) is 14.7. The van der Waals surface area contributed by atoms with Gasteiger partial charge in [0.05, 0.1) is 7.11 Å². The summed E-state index contributed by atoms with van der Waals surface area (Å²) in [5, 5.41) is 2.83. The molecule has 1 N–H and O–H groups in total. The molecule has 0 aliphatic rings. The van der Waals surface area contributed by atoms with E-state index in [-0.39, 0.29) is 17.2 Å². The zero-order chi connectivity index (χ0) is 23.0. The molecule has 1 atom stereocenters. The predicted molar refractivity (Wildman–Crippen MR) is 125 cm³/mol. The van der Waals surface area contributed by atoms with Crippen LogP contribution in [0.3, 0.4) is 0 Å². The summed E-state index contributed by atoms with van der Waals surface area (Å²) in [4.78, 5) is 27.3. The van der Waals surface area contributed by atoms with Crippen molar-refractivity contribution >= 4 is 11.8 Å². The highest BCUT2D eigenvalue weighted by Gasteiger charge is 2.25. The number of nitrogens with zero attached hydrogens (tertiary/aromatic N) is 1. The van der Waals surface area contributed by atoms with Crippen molar-refractivity contribution in [1.29, 1.82) is 0 Å². The second-order valence-electron chi connectivity index (χ2n) is 8.89. The molecule has 0 unspecified atom stereocenters. The van der Waals surface area contributed by atoms with Gasteiger partial charge in [-0.05, 0) is 54.5 Å². The Labute approximate surface area is 186 Å². The third-order valence-electron chi connectivity index (χ3n) is 5.45. The number of likely N-dealkylation sites (N-methyl/N-ethyl adjacent to an activating group) is 1. The highest BCUT2D eigenvalue weighted by Crippen LogP contribution is 2.23. The van der Waals surface area contributed by atoms with E-state index >= 15 is 0 Å². The summed E-state index contributed by atoms with van der Waals surface area (Å²) in [5.74, 6) is 0.546. The summed E-state index contributed by atoms with van der Waals surface area (Å²) >= 11 is 0. The summed E-state index contributed by atoms with van der Waals surface area (Å²) in [6.45, 7) is 11.1. The van der Waals surface area contributed by atoms with E-state index in [1.165, 1.54) is 5.56 Å². The molecule has 0 bridgehead atoms. The monoisotopic (exact) mass is 424 g/mol. The average molecular weight is 425 g/mol. The maximum atomic E-state index is 13.2. The van der Waals surface area contributed by atoms with E-state index in [4.69, 9.17) is 4.74 Å². The van der Waals surface area contributed by atoms with Crippen molar-refractivity contribution in [3.8, 4) is 5.75 Å². The van der Waals surface area contributed by atoms with Gasteiger partial charge in [0.1, 0.15) is 11.8 Å². The predicted octanol–water partition coefficient (Wildman–Crippen LogP) is 4.48. The fourth-order valence-corrected chi connectivity index (χ4v) is 3.44. The Hall–Kier alpha value is -2.82. The number of carbonyl (C=O) groups excluding carboxylic acids is 2. The van der Waals surface area contributed by atoms with Crippen molar-refractivity contribution in [3.63, 3.8) is 0 Å². The van der Waals surface area contributed by atoms with Gasteiger partial charge in [-0.2, -0.15) is 0 Å². The molecule has 168 valence electrons. The SMILES string of the molecule is CCNC(=O)[C@@H](C)N(Cc1cccc(OC)c1)C(=O)CCc1ccc(C(C)(C)C)cc1.